The van der Waals surface area contributed by atoms with Crippen molar-refractivity contribution in [3.8, 4) is 5.75 Å². The third-order valence-electron chi connectivity index (χ3n) is 3.89. The van der Waals surface area contributed by atoms with Crippen molar-refractivity contribution >= 4 is 23.5 Å². The number of hydrogen-bond acceptors (Lipinski definition) is 3. The van der Waals surface area contributed by atoms with E-state index in [1.807, 2.05) is 26.0 Å². The maximum atomic E-state index is 12.1. The Morgan fingerprint density at radius 1 is 1.26 bits per heavy atom. The molecule has 0 heterocycles. The molecule has 0 aromatic heterocycles. The van der Waals surface area contributed by atoms with Crippen molar-refractivity contribution in [1.29, 1.82) is 0 Å². The van der Waals surface area contributed by atoms with E-state index in [2.05, 4.69) is 5.32 Å². The predicted octanol–water partition coefficient (Wildman–Crippen LogP) is 3.65. The van der Waals surface area contributed by atoms with E-state index >= 15 is 0 Å². The fourth-order valence-corrected chi connectivity index (χ4v) is 2.54. The fraction of sp³-hybridized carbons (Fsp3) is 0.529. The molecule has 0 spiro atoms. The number of carboxylic acid groups (broad SMARTS) is 1. The largest absolute Gasteiger partial charge is 0.492 e. The maximum absolute atomic E-state index is 12.1. The highest BCUT2D eigenvalue weighted by Crippen LogP contribution is 2.23. The average Bonchev–Trinajstić information content (AvgIpc) is 2.52. The Morgan fingerprint density at radius 3 is 2.48 bits per heavy atom. The number of para-hydroxylation sites is 1. The molecule has 1 amide bonds. The predicted molar refractivity (Wildman–Crippen MR) is 89.9 cm³/mol. The molecule has 6 heteroatoms. The molecule has 1 rings (SSSR count). The van der Waals surface area contributed by atoms with Gasteiger partial charge in [0.2, 0.25) is 5.91 Å². The molecule has 128 valence electrons. The van der Waals surface area contributed by atoms with Crippen LogP contribution in [0, 0.1) is 0 Å². The number of aliphatic carboxylic acids is 1. The second kappa shape index (κ2) is 9.40. The van der Waals surface area contributed by atoms with Crippen LogP contribution < -0.4 is 10.1 Å². The van der Waals surface area contributed by atoms with Gasteiger partial charge in [-0.2, -0.15) is 0 Å². The van der Waals surface area contributed by atoms with E-state index in [9.17, 15) is 9.59 Å². The highest BCUT2D eigenvalue weighted by atomic mass is 35.5. The van der Waals surface area contributed by atoms with E-state index in [4.69, 9.17) is 21.4 Å². The number of rotatable bonds is 10. The Balaban J connectivity index is 2.41. The van der Waals surface area contributed by atoms with Gasteiger partial charge in [0.15, 0.2) is 0 Å². The minimum Gasteiger partial charge on any atom is -0.492 e. The lowest BCUT2D eigenvalue weighted by atomic mass is 9.88. The number of hydrogen-bond donors (Lipinski definition) is 2. The molecular weight excluding hydrogens is 318 g/mol. The van der Waals surface area contributed by atoms with E-state index < -0.39 is 11.5 Å². The van der Waals surface area contributed by atoms with Crippen LogP contribution in [0.2, 0.25) is 5.02 Å². The quantitative estimate of drug-likeness (QED) is 0.637. The molecule has 1 aromatic carbocycles. The summed E-state index contributed by atoms with van der Waals surface area (Å²) >= 11 is 5.98. The van der Waals surface area contributed by atoms with Gasteiger partial charge in [-0.1, -0.05) is 37.6 Å². The Bertz CT molecular complexity index is 529. The summed E-state index contributed by atoms with van der Waals surface area (Å²) in [6.45, 7) is 4.14. The van der Waals surface area contributed by atoms with Gasteiger partial charge in [0, 0.05) is 12.0 Å². The molecule has 0 aliphatic heterocycles. The lowest BCUT2D eigenvalue weighted by Gasteiger charge is -2.31. The van der Waals surface area contributed by atoms with Crippen molar-refractivity contribution in [3.05, 3.63) is 29.3 Å². The average molecular weight is 342 g/mol. The summed E-state index contributed by atoms with van der Waals surface area (Å²) in [5.74, 6) is -0.467. The molecule has 0 aliphatic rings. The number of carboxylic acids is 1. The Kier molecular flexibility index (Phi) is 7.89. The smallest absolute Gasteiger partial charge is 0.305 e. The molecule has 5 nitrogen and oxygen atoms in total. The zero-order valence-corrected chi connectivity index (χ0v) is 14.4. The van der Waals surface area contributed by atoms with Crippen LogP contribution in [0.15, 0.2) is 24.3 Å². The topological polar surface area (TPSA) is 75.6 Å². The summed E-state index contributed by atoms with van der Waals surface area (Å²) in [5, 5.41) is 12.4. The molecule has 0 atom stereocenters. The second-order valence-corrected chi connectivity index (χ2v) is 5.90. The van der Waals surface area contributed by atoms with Crippen LogP contribution in [0.3, 0.4) is 0 Å². The van der Waals surface area contributed by atoms with Gasteiger partial charge >= 0.3 is 5.97 Å². The van der Waals surface area contributed by atoms with Gasteiger partial charge in [-0.3, -0.25) is 9.59 Å². The van der Waals surface area contributed by atoms with Crippen LogP contribution in [0.5, 0.6) is 5.75 Å². The van der Waals surface area contributed by atoms with Crippen LogP contribution in [0.25, 0.3) is 0 Å². The van der Waals surface area contributed by atoms with Crippen molar-refractivity contribution in [2.24, 2.45) is 0 Å². The van der Waals surface area contributed by atoms with Crippen molar-refractivity contribution < 1.29 is 19.4 Å². The van der Waals surface area contributed by atoms with Crippen LogP contribution in [0.4, 0.5) is 0 Å². The molecule has 0 radical (unpaired) electrons. The molecule has 2 N–H and O–H groups in total. The van der Waals surface area contributed by atoms with Crippen LogP contribution in [0.1, 0.15) is 46.0 Å². The molecule has 23 heavy (non-hydrogen) atoms. The van der Waals surface area contributed by atoms with Gasteiger partial charge in [-0.15, -0.1) is 0 Å². The SMILES string of the molecule is CCC(CC)(CC(=O)O)NC(=O)CCCOc1ccccc1Cl. The molecule has 0 unspecified atom stereocenters. The molecule has 0 fully saturated rings. The third kappa shape index (κ3) is 6.48. The van der Waals surface area contributed by atoms with E-state index in [-0.39, 0.29) is 18.7 Å². The Morgan fingerprint density at radius 2 is 1.91 bits per heavy atom. The highest BCUT2D eigenvalue weighted by Gasteiger charge is 2.30. The first kappa shape index (κ1) is 19.3. The van der Waals surface area contributed by atoms with Gasteiger partial charge in [0.1, 0.15) is 5.75 Å². The molecule has 0 saturated carbocycles. The lowest BCUT2D eigenvalue weighted by Crippen LogP contribution is -2.49. The maximum Gasteiger partial charge on any atom is 0.305 e. The lowest BCUT2D eigenvalue weighted by molar-refractivity contribution is -0.139. The number of carbonyl (C=O) groups excluding carboxylic acids is 1. The van der Waals surface area contributed by atoms with E-state index in [0.717, 1.165) is 0 Å². The van der Waals surface area contributed by atoms with Gasteiger partial charge in [0.05, 0.1) is 18.1 Å². The van der Waals surface area contributed by atoms with Gasteiger partial charge in [0.25, 0.3) is 0 Å². The number of ether oxygens (including phenoxy) is 1. The first-order valence-corrected chi connectivity index (χ1v) is 8.20. The normalized spacial score (nSPS) is 11.1. The van der Waals surface area contributed by atoms with Crippen molar-refractivity contribution in [1.82, 2.24) is 5.32 Å². The molecular formula is C17H24ClNO4. The molecule has 0 saturated heterocycles. The summed E-state index contributed by atoms with van der Waals surface area (Å²) in [6.07, 6.45) is 1.91. The van der Waals surface area contributed by atoms with Crippen molar-refractivity contribution in [3.63, 3.8) is 0 Å². The number of halogens is 1. The molecule has 0 bridgehead atoms. The highest BCUT2D eigenvalue weighted by molar-refractivity contribution is 6.32. The number of carbonyl (C=O) groups is 2. The van der Waals surface area contributed by atoms with Crippen molar-refractivity contribution in [2.45, 2.75) is 51.5 Å². The first-order chi connectivity index (χ1) is 10.9. The minimum atomic E-state index is -0.906. The standard InChI is InChI=1S/C17H24ClNO4/c1-3-17(4-2,12-16(21)22)19-15(20)10-7-11-23-14-9-6-5-8-13(14)18/h5-6,8-9H,3-4,7,10-12H2,1-2H3,(H,19,20)(H,21,22). The zero-order chi connectivity index (χ0) is 17.3. The molecule has 1 aromatic rings. The number of nitrogens with one attached hydrogen (secondary N) is 1. The molecule has 0 aliphatic carbocycles. The summed E-state index contributed by atoms with van der Waals surface area (Å²) < 4.78 is 5.53. The third-order valence-corrected chi connectivity index (χ3v) is 4.20. The summed E-state index contributed by atoms with van der Waals surface area (Å²) in [6, 6.07) is 7.16. The first-order valence-electron chi connectivity index (χ1n) is 7.82. The van der Waals surface area contributed by atoms with E-state index in [1.54, 1.807) is 12.1 Å². The summed E-state index contributed by atoms with van der Waals surface area (Å²) in [4.78, 5) is 23.0. The van der Waals surface area contributed by atoms with Crippen LogP contribution in [-0.2, 0) is 9.59 Å². The van der Waals surface area contributed by atoms with E-state index in [0.29, 0.717) is 36.6 Å². The summed E-state index contributed by atoms with van der Waals surface area (Å²) in [5.41, 5.74) is -0.674. The van der Waals surface area contributed by atoms with E-state index in [1.165, 1.54) is 0 Å². The minimum absolute atomic E-state index is 0.0676. The summed E-state index contributed by atoms with van der Waals surface area (Å²) in [7, 11) is 0. The van der Waals surface area contributed by atoms with Gasteiger partial charge in [-0.05, 0) is 31.4 Å². The second-order valence-electron chi connectivity index (χ2n) is 5.49. The number of amides is 1. The van der Waals surface area contributed by atoms with Crippen LogP contribution >= 0.6 is 11.6 Å². The Hall–Kier alpha value is -1.75. The van der Waals surface area contributed by atoms with Crippen molar-refractivity contribution in [2.75, 3.05) is 6.61 Å². The zero-order valence-electron chi connectivity index (χ0n) is 13.6. The number of benzene rings is 1. The van der Waals surface area contributed by atoms with Crippen LogP contribution in [-0.4, -0.2) is 29.1 Å². The van der Waals surface area contributed by atoms with Gasteiger partial charge < -0.3 is 15.2 Å². The monoisotopic (exact) mass is 341 g/mol. The fourth-order valence-electron chi connectivity index (χ4n) is 2.35. The van der Waals surface area contributed by atoms with Gasteiger partial charge in [-0.25, -0.2) is 0 Å². The Labute approximate surface area is 142 Å².